The van der Waals surface area contributed by atoms with Gasteiger partial charge in [-0.3, -0.25) is 9.98 Å². The first-order chi connectivity index (χ1) is 12.4. The van der Waals surface area contributed by atoms with Crippen LogP contribution in [0.5, 0.6) is 0 Å². The van der Waals surface area contributed by atoms with Crippen LogP contribution in [-0.4, -0.2) is 36.4 Å². The van der Waals surface area contributed by atoms with Gasteiger partial charge in [0.15, 0.2) is 0 Å². The predicted octanol–water partition coefficient (Wildman–Crippen LogP) is 5.64. The second kappa shape index (κ2) is 20.8. The Balaban J connectivity index is -0.000000372. The summed E-state index contributed by atoms with van der Waals surface area (Å²) in [5.74, 6) is 0. The van der Waals surface area contributed by atoms with E-state index in [-0.39, 0.29) is 20.1 Å². The second-order valence-electron chi connectivity index (χ2n) is 6.28. The third kappa shape index (κ3) is 17.7. The highest BCUT2D eigenvalue weighted by molar-refractivity contribution is 5.61. The Morgan fingerprint density at radius 1 is 1.19 bits per heavy atom. The van der Waals surface area contributed by atoms with E-state index in [1.807, 2.05) is 27.0 Å². The zero-order chi connectivity index (χ0) is 20.4. The highest BCUT2D eigenvalue weighted by Gasteiger charge is 2.19. The van der Waals surface area contributed by atoms with Gasteiger partial charge >= 0.3 is 0 Å². The summed E-state index contributed by atoms with van der Waals surface area (Å²) in [7, 11) is 0. The first kappa shape index (κ1) is 30.3. The molecule has 27 heavy (non-hydrogen) atoms. The van der Waals surface area contributed by atoms with Crippen molar-refractivity contribution in [2.24, 2.45) is 15.7 Å². The summed E-state index contributed by atoms with van der Waals surface area (Å²) in [4.78, 5) is 8.37. The number of hydrogen-bond donors (Lipinski definition) is 2. The number of aliphatic hydroxyl groups excluding tert-OH is 1. The van der Waals surface area contributed by atoms with Crippen LogP contribution >= 0.6 is 0 Å². The van der Waals surface area contributed by atoms with E-state index >= 15 is 0 Å². The van der Waals surface area contributed by atoms with Gasteiger partial charge in [-0.2, -0.15) is 0 Å². The molecule has 0 aromatic heterocycles. The van der Waals surface area contributed by atoms with Crippen molar-refractivity contribution in [3.05, 3.63) is 23.7 Å². The fourth-order valence-corrected chi connectivity index (χ4v) is 1.97. The van der Waals surface area contributed by atoms with Gasteiger partial charge in [0.2, 0.25) is 0 Å². The van der Waals surface area contributed by atoms with E-state index in [2.05, 4.69) is 37.3 Å². The Hall–Kier alpha value is -1.46. The van der Waals surface area contributed by atoms with Crippen molar-refractivity contribution in [1.29, 1.82) is 0 Å². The average molecular weight is 384 g/mol. The van der Waals surface area contributed by atoms with Crippen LogP contribution in [0.2, 0.25) is 0 Å². The topological polar surface area (TPSA) is 80.2 Å². The predicted molar refractivity (Wildman–Crippen MR) is 122 cm³/mol. The minimum Gasteiger partial charge on any atom is -0.397 e. The van der Waals surface area contributed by atoms with Gasteiger partial charge in [-0.05, 0) is 40.0 Å². The van der Waals surface area contributed by atoms with E-state index in [4.69, 9.17) is 15.6 Å². The van der Waals surface area contributed by atoms with E-state index in [9.17, 15) is 0 Å². The Morgan fingerprint density at radius 3 is 2.07 bits per heavy atom. The molecule has 1 fully saturated rings. The van der Waals surface area contributed by atoms with Gasteiger partial charge in [0, 0.05) is 12.4 Å². The number of rotatable bonds is 7. The van der Waals surface area contributed by atoms with Crippen LogP contribution in [0.15, 0.2) is 33.7 Å². The van der Waals surface area contributed by atoms with Crippen LogP contribution in [0.3, 0.4) is 0 Å². The highest BCUT2D eigenvalue weighted by Crippen LogP contribution is 2.17. The summed E-state index contributed by atoms with van der Waals surface area (Å²) in [5.41, 5.74) is 7.54. The molecule has 0 bridgehead atoms. The number of allylic oxidation sites excluding steroid dienone is 1. The summed E-state index contributed by atoms with van der Waals surface area (Å²) in [6.07, 6.45) is 10.8. The zero-order valence-electron chi connectivity index (χ0n) is 17.8. The number of unbranched alkanes of at least 4 members (excludes halogenated alkanes) is 2. The van der Waals surface area contributed by atoms with Crippen molar-refractivity contribution >= 4 is 12.4 Å². The Bertz CT molecular complexity index is 441. The first-order valence-electron chi connectivity index (χ1n) is 9.80. The molecular weight excluding hydrogens is 338 g/mol. The summed E-state index contributed by atoms with van der Waals surface area (Å²) in [5, 5.41) is 8.56. The van der Waals surface area contributed by atoms with Gasteiger partial charge in [0.05, 0.1) is 30.2 Å². The molecule has 1 aliphatic rings. The lowest BCUT2D eigenvalue weighted by Crippen LogP contribution is -2.11. The number of aliphatic imine (C=N–C) groups is 2. The van der Waals surface area contributed by atoms with Crippen LogP contribution in [-0.2, 0) is 4.74 Å². The Morgan fingerprint density at radius 2 is 1.78 bits per heavy atom. The van der Waals surface area contributed by atoms with Gasteiger partial charge in [-0.15, -0.1) is 0 Å². The van der Waals surface area contributed by atoms with Crippen LogP contribution < -0.4 is 5.73 Å². The second-order valence-corrected chi connectivity index (χ2v) is 6.28. The molecule has 5 nitrogen and oxygen atoms in total. The maximum absolute atomic E-state index is 8.56. The molecule has 1 rings (SSSR count). The SMILES string of the molecule is C.C=C(N)/C(N=CCCC)=C(/C)N=CC.CC1CCC(CO)O1.CCCC. The Labute approximate surface area is 168 Å². The van der Waals surface area contributed by atoms with Crippen molar-refractivity contribution in [3.8, 4) is 0 Å². The Kier molecular flexibility index (Phi) is 23.4. The third-order valence-corrected chi connectivity index (χ3v) is 3.63. The molecule has 0 aliphatic carbocycles. The lowest BCUT2D eigenvalue weighted by Gasteiger charge is -2.05. The largest absolute Gasteiger partial charge is 0.397 e. The van der Waals surface area contributed by atoms with Crippen LogP contribution in [0.4, 0.5) is 0 Å². The maximum Gasteiger partial charge on any atom is 0.106 e. The summed E-state index contributed by atoms with van der Waals surface area (Å²) in [6, 6.07) is 0. The molecule has 0 amide bonds. The van der Waals surface area contributed by atoms with Crippen molar-refractivity contribution in [1.82, 2.24) is 0 Å². The monoisotopic (exact) mass is 383 g/mol. The van der Waals surface area contributed by atoms with E-state index in [1.54, 1.807) is 6.21 Å². The lowest BCUT2D eigenvalue weighted by molar-refractivity contribution is 0.0198. The smallest absolute Gasteiger partial charge is 0.106 e. The van der Waals surface area contributed by atoms with E-state index < -0.39 is 0 Å². The summed E-state index contributed by atoms with van der Waals surface area (Å²) < 4.78 is 5.26. The molecule has 0 aromatic carbocycles. The van der Waals surface area contributed by atoms with Crippen LogP contribution in [0.1, 0.15) is 87.5 Å². The highest BCUT2D eigenvalue weighted by atomic mass is 16.5. The number of nitrogens with zero attached hydrogens (tertiary/aromatic N) is 2. The normalized spacial score (nSPS) is 19.5. The fourth-order valence-electron chi connectivity index (χ4n) is 1.97. The van der Waals surface area contributed by atoms with Gasteiger partial charge in [0.25, 0.3) is 0 Å². The summed E-state index contributed by atoms with van der Waals surface area (Å²) in [6.45, 7) is 16.1. The van der Waals surface area contributed by atoms with E-state index in [1.165, 1.54) is 12.8 Å². The van der Waals surface area contributed by atoms with Crippen molar-refractivity contribution < 1.29 is 9.84 Å². The van der Waals surface area contributed by atoms with Crippen molar-refractivity contribution in [3.63, 3.8) is 0 Å². The molecule has 1 heterocycles. The number of aliphatic hydroxyl groups is 1. The van der Waals surface area contributed by atoms with Crippen molar-refractivity contribution in [2.75, 3.05) is 6.61 Å². The standard InChI is InChI=1S/C11H19N3.C6H12O2.C4H10.CH4/c1-5-7-8-14-11(9(3)12)10(4)13-6-2;1-5-2-3-6(4-7)8-5;1-3-4-2;/h6,8H,3,5,7,12H2,1-2,4H3;5-7H,2-4H2,1H3;3-4H2,1-2H3;1H4/b11-10+,13-6?,14-8?;;;. The van der Waals surface area contributed by atoms with Crippen LogP contribution in [0, 0.1) is 0 Å². The number of nitrogens with two attached hydrogens (primary N) is 1. The summed E-state index contributed by atoms with van der Waals surface area (Å²) >= 11 is 0. The minimum atomic E-state index is 0. The molecule has 3 N–H and O–H groups in total. The van der Waals surface area contributed by atoms with E-state index in [0.717, 1.165) is 31.4 Å². The van der Waals surface area contributed by atoms with Crippen molar-refractivity contribution in [2.45, 2.75) is 99.7 Å². The van der Waals surface area contributed by atoms with E-state index in [0.29, 0.717) is 17.5 Å². The number of hydrogen-bond acceptors (Lipinski definition) is 5. The molecule has 0 radical (unpaired) electrons. The van der Waals surface area contributed by atoms with Gasteiger partial charge in [0.1, 0.15) is 5.70 Å². The van der Waals surface area contributed by atoms with Crippen LogP contribution in [0.25, 0.3) is 0 Å². The molecule has 160 valence electrons. The molecule has 0 aromatic rings. The molecule has 1 saturated heterocycles. The number of ether oxygens (including phenoxy) is 1. The van der Waals surface area contributed by atoms with Gasteiger partial charge in [-0.25, -0.2) is 0 Å². The fraction of sp³-hybridized carbons (Fsp3) is 0.727. The molecular formula is C22H45N3O2. The molecule has 2 atom stereocenters. The average Bonchev–Trinajstić information content (AvgIpc) is 3.05. The molecule has 2 unspecified atom stereocenters. The molecule has 0 spiro atoms. The molecule has 1 aliphatic heterocycles. The van der Waals surface area contributed by atoms with Gasteiger partial charge in [-0.1, -0.05) is 54.0 Å². The first-order valence-corrected chi connectivity index (χ1v) is 9.80. The zero-order valence-corrected chi connectivity index (χ0v) is 17.8. The maximum atomic E-state index is 8.56. The molecule has 5 heteroatoms. The minimum absolute atomic E-state index is 0. The molecule has 0 saturated carbocycles. The third-order valence-electron chi connectivity index (χ3n) is 3.63. The van der Waals surface area contributed by atoms with Gasteiger partial charge < -0.3 is 15.6 Å². The quantitative estimate of drug-likeness (QED) is 0.441. The lowest BCUT2D eigenvalue weighted by atomic mass is 10.2.